The lowest BCUT2D eigenvalue weighted by Gasteiger charge is -2.18. The third kappa shape index (κ3) is 6.85. The highest BCUT2D eigenvalue weighted by Gasteiger charge is 2.13. The average molecular weight is 226 g/mol. The molecule has 0 bridgehead atoms. The molecule has 2 N–H and O–H groups in total. The van der Waals surface area contributed by atoms with Crippen molar-refractivity contribution in [2.45, 2.75) is 26.3 Å². The molecule has 1 amide bonds. The number of carbonyl (C=O) groups excluding carboxylic acids is 1. The van der Waals surface area contributed by atoms with Crippen molar-refractivity contribution in [1.29, 1.82) is 0 Å². The second-order valence-electron chi connectivity index (χ2n) is 3.62. The van der Waals surface area contributed by atoms with Crippen molar-refractivity contribution in [3.05, 3.63) is 0 Å². The zero-order valence-corrected chi connectivity index (χ0v) is 9.69. The number of amides is 1. The molecule has 0 aromatic heterocycles. The Bertz CT molecular complexity index is 283. The number of hydrogen-bond acceptors (Lipinski definition) is 3. The van der Waals surface area contributed by atoms with Crippen molar-refractivity contribution in [3.63, 3.8) is 0 Å². The van der Waals surface area contributed by atoms with E-state index in [0.29, 0.717) is 0 Å². The summed E-state index contributed by atoms with van der Waals surface area (Å²) < 4.78 is 0. The number of carboxylic acid groups (broad SMARTS) is 1. The lowest BCUT2D eigenvalue weighted by Crippen LogP contribution is -2.42. The quantitative estimate of drug-likeness (QED) is 0.596. The van der Waals surface area contributed by atoms with Gasteiger partial charge in [0.25, 0.3) is 0 Å². The third-order valence-corrected chi connectivity index (χ3v) is 2.06. The summed E-state index contributed by atoms with van der Waals surface area (Å²) in [6, 6.07) is 0.0880. The minimum atomic E-state index is -0.994. The highest BCUT2D eigenvalue weighted by molar-refractivity contribution is 5.79. The maximum Gasteiger partial charge on any atom is 0.317 e. The molecule has 1 unspecified atom stereocenters. The smallest absolute Gasteiger partial charge is 0.317 e. The van der Waals surface area contributed by atoms with E-state index in [2.05, 4.69) is 11.2 Å². The Morgan fingerprint density at radius 3 is 2.56 bits per heavy atom. The van der Waals surface area contributed by atoms with Crippen LogP contribution in [0.15, 0.2) is 0 Å². The molecule has 0 aliphatic rings. The molecular formula is C11H18N2O3. The van der Waals surface area contributed by atoms with Crippen LogP contribution in [0.2, 0.25) is 0 Å². The van der Waals surface area contributed by atoms with E-state index in [4.69, 9.17) is 11.5 Å². The monoisotopic (exact) mass is 226 g/mol. The molecule has 5 heteroatoms. The number of carbonyl (C=O) groups is 2. The summed E-state index contributed by atoms with van der Waals surface area (Å²) in [5.74, 6) is 1.13. The second-order valence-corrected chi connectivity index (χ2v) is 3.62. The predicted molar refractivity (Wildman–Crippen MR) is 60.8 cm³/mol. The van der Waals surface area contributed by atoms with Crippen molar-refractivity contribution in [1.82, 2.24) is 10.2 Å². The molecule has 0 aliphatic heterocycles. The van der Waals surface area contributed by atoms with E-state index in [1.54, 1.807) is 0 Å². The average Bonchev–Trinajstić information content (AvgIpc) is 2.16. The molecule has 0 radical (unpaired) electrons. The summed E-state index contributed by atoms with van der Waals surface area (Å²) in [6.07, 6.45) is 5.93. The van der Waals surface area contributed by atoms with Gasteiger partial charge in [0, 0.05) is 6.04 Å². The molecule has 90 valence electrons. The standard InChI is InChI=1S/C11H18N2O3/c1-4-6-13(8-11(15)16)7-10(14)12-9(3)5-2/h1,9H,5-8H2,2-3H3,(H,12,14)(H,15,16). The molecule has 0 heterocycles. The van der Waals surface area contributed by atoms with Gasteiger partial charge in [0.05, 0.1) is 19.6 Å². The van der Waals surface area contributed by atoms with Gasteiger partial charge in [0.1, 0.15) is 0 Å². The Balaban J connectivity index is 4.13. The fourth-order valence-electron chi connectivity index (χ4n) is 1.11. The van der Waals surface area contributed by atoms with Gasteiger partial charge in [-0.15, -0.1) is 6.42 Å². The summed E-state index contributed by atoms with van der Waals surface area (Å²) in [6.45, 7) is 3.79. The third-order valence-electron chi connectivity index (χ3n) is 2.06. The molecular weight excluding hydrogens is 208 g/mol. The Morgan fingerprint density at radius 1 is 1.50 bits per heavy atom. The van der Waals surface area contributed by atoms with Gasteiger partial charge in [0.2, 0.25) is 5.91 Å². The van der Waals surface area contributed by atoms with Crippen LogP contribution in [0.4, 0.5) is 0 Å². The zero-order chi connectivity index (χ0) is 12.6. The van der Waals surface area contributed by atoms with Crippen molar-refractivity contribution >= 4 is 11.9 Å². The van der Waals surface area contributed by atoms with E-state index in [1.165, 1.54) is 4.90 Å². The number of nitrogens with one attached hydrogen (secondary N) is 1. The molecule has 1 atom stereocenters. The molecule has 0 rings (SSSR count). The highest BCUT2D eigenvalue weighted by atomic mass is 16.4. The fourth-order valence-corrected chi connectivity index (χ4v) is 1.11. The van der Waals surface area contributed by atoms with Crippen molar-refractivity contribution in [2.75, 3.05) is 19.6 Å². The van der Waals surface area contributed by atoms with E-state index in [9.17, 15) is 9.59 Å². The summed E-state index contributed by atoms with van der Waals surface area (Å²) in [4.78, 5) is 23.4. The van der Waals surface area contributed by atoms with Crippen LogP contribution >= 0.6 is 0 Å². The molecule has 0 spiro atoms. The van der Waals surface area contributed by atoms with E-state index in [1.807, 2.05) is 13.8 Å². The van der Waals surface area contributed by atoms with Gasteiger partial charge in [-0.05, 0) is 13.3 Å². The van der Waals surface area contributed by atoms with Gasteiger partial charge in [-0.25, -0.2) is 0 Å². The first-order valence-electron chi connectivity index (χ1n) is 5.16. The fraction of sp³-hybridized carbons (Fsp3) is 0.636. The van der Waals surface area contributed by atoms with Gasteiger partial charge < -0.3 is 10.4 Å². The normalized spacial score (nSPS) is 11.9. The molecule has 16 heavy (non-hydrogen) atoms. The van der Waals surface area contributed by atoms with Gasteiger partial charge >= 0.3 is 5.97 Å². The number of hydrogen-bond donors (Lipinski definition) is 2. The van der Waals surface area contributed by atoms with Crippen molar-refractivity contribution in [3.8, 4) is 12.3 Å². The molecule has 0 saturated heterocycles. The number of rotatable bonds is 7. The van der Waals surface area contributed by atoms with Gasteiger partial charge in [0.15, 0.2) is 0 Å². The van der Waals surface area contributed by atoms with Crippen LogP contribution in [-0.4, -0.2) is 47.6 Å². The van der Waals surface area contributed by atoms with Crippen LogP contribution in [0.1, 0.15) is 20.3 Å². The summed E-state index contributed by atoms with van der Waals surface area (Å²) in [5.41, 5.74) is 0. The SMILES string of the molecule is C#CCN(CC(=O)O)CC(=O)NC(C)CC. The van der Waals surface area contributed by atoms with Crippen LogP contribution in [0.25, 0.3) is 0 Å². The van der Waals surface area contributed by atoms with Gasteiger partial charge in [-0.1, -0.05) is 12.8 Å². The number of nitrogens with zero attached hydrogens (tertiary/aromatic N) is 1. The minimum Gasteiger partial charge on any atom is -0.480 e. The van der Waals surface area contributed by atoms with Crippen molar-refractivity contribution < 1.29 is 14.7 Å². The van der Waals surface area contributed by atoms with Crippen LogP contribution in [0.3, 0.4) is 0 Å². The second kappa shape index (κ2) is 7.71. The molecule has 0 aromatic rings. The van der Waals surface area contributed by atoms with Crippen molar-refractivity contribution in [2.24, 2.45) is 0 Å². The van der Waals surface area contributed by atoms with Crippen LogP contribution in [-0.2, 0) is 9.59 Å². The largest absolute Gasteiger partial charge is 0.480 e. The number of terminal acetylenes is 1. The lowest BCUT2D eigenvalue weighted by atomic mass is 10.2. The molecule has 0 aliphatic carbocycles. The Morgan fingerprint density at radius 2 is 2.12 bits per heavy atom. The highest BCUT2D eigenvalue weighted by Crippen LogP contribution is 1.91. The lowest BCUT2D eigenvalue weighted by molar-refractivity contribution is -0.138. The Hall–Kier alpha value is -1.54. The maximum atomic E-state index is 11.5. The van der Waals surface area contributed by atoms with E-state index >= 15 is 0 Å². The first kappa shape index (κ1) is 14.5. The Kier molecular flexibility index (Phi) is 6.97. The van der Waals surface area contributed by atoms with Crippen LogP contribution < -0.4 is 5.32 Å². The van der Waals surface area contributed by atoms with Gasteiger partial charge in [-0.2, -0.15) is 0 Å². The minimum absolute atomic E-state index is 0.0147. The molecule has 0 aromatic carbocycles. The zero-order valence-electron chi connectivity index (χ0n) is 9.69. The van der Waals surface area contributed by atoms with Crippen LogP contribution in [0.5, 0.6) is 0 Å². The predicted octanol–water partition coefficient (Wildman–Crippen LogP) is -0.0791. The van der Waals surface area contributed by atoms with Gasteiger partial charge in [-0.3, -0.25) is 14.5 Å². The molecule has 5 nitrogen and oxygen atoms in total. The Labute approximate surface area is 95.8 Å². The first-order valence-corrected chi connectivity index (χ1v) is 5.16. The first-order chi connectivity index (χ1) is 7.49. The van der Waals surface area contributed by atoms with E-state index < -0.39 is 5.97 Å². The summed E-state index contributed by atoms with van der Waals surface area (Å²) in [5, 5.41) is 11.4. The number of carboxylic acids is 1. The van der Waals surface area contributed by atoms with Crippen LogP contribution in [0, 0.1) is 12.3 Å². The van der Waals surface area contributed by atoms with E-state index in [-0.39, 0.29) is 31.6 Å². The molecule has 0 fully saturated rings. The number of aliphatic carboxylic acids is 1. The van der Waals surface area contributed by atoms with E-state index in [0.717, 1.165) is 6.42 Å². The molecule has 0 saturated carbocycles. The summed E-state index contributed by atoms with van der Waals surface area (Å²) in [7, 11) is 0. The summed E-state index contributed by atoms with van der Waals surface area (Å²) >= 11 is 0. The topological polar surface area (TPSA) is 69.6 Å². The maximum absolute atomic E-state index is 11.5.